The van der Waals surface area contributed by atoms with Gasteiger partial charge in [0.2, 0.25) is 0 Å². The Bertz CT molecular complexity index is 1150. The van der Waals surface area contributed by atoms with Crippen molar-refractivity contribution in [2.24, 2.45) is 4.99 Å². The van der Waals surface area contributed by atoms with Crippen LogP contribution in [0.15, 0.2) is 58.4 Å². The van der Waals surface area contributed by atoms with Crippen molar-refractivity contribution in [3.05, 3.63) is 59.7 Å². The number of carbonyl (C=O) groups excluding carboxylic acids is 2. The first kappa shape index (κ1) is 23.5. The van der Waals surface area contributed by atoms with Crippen molar-refractivity contribution in [2.75, 3.05) is 11.9 Å². The Morgan fingerprint density at radius 3 is 2.41 bits per heavy atom. The van der Waals surface area contributed by atoms with Crippen LogP contribution in [0, 0.1) is 0 Å². The number of esters is 1. The van der Waals surface area contributed by atoms with E-state index in [1.54, 1.807) is 18.2 Å². The van der Waals surface area contributed by atoms with E-state index in [4.69, 9.17) is 4.74 Å². The van der Waals surface area contributed by atoms with Gasteiger partial charge < -0.3 is 10.1 Å². The Labute approximate surface area is 188 Å². The highest BCUT2D eigenvalue weighted by molar-refractivity contribution is 7.90. The van der Waals surface area contributed by atoms with Gasteiger partial charge in [0, 0.05) is 11.3 Å². The van der Waals surface area contributed by atoms with Crippen LogP contribution in [0.4, 0.5) is 5.69 Å². The number of nitrogens with zero attached hydrogens (tertiary/aromatic N) is 1. The predicted molar refractivity (Wildman–Crippen MR) is 122 cm³/mol. The van der Waals surface area contributed by atoms with E-state index in [-0.39, 0.29) is 29.1 Å². The van der Waals surface area contributed by atoms with Gasteiger partial charge in [-0.2, -0.15) is 0 Å². The monoisotopic (exact) mass is 457 g/mol. The van der Waals surface area contributed by atoms with Crippen molar-refractivity contribution in [2.45, 2.75) is 50.5 Å². The molecule has 0 fully saturated rings. The molecule has 1 heterocycles. The summed E-state index contributed by atoms with van der Waals surface area (Å²) < 4.78 is 31.7. The molecule has 0 saturated carbocycles. The second-order valence-electron chi connectivity index (χ2n) is 8.53. The molecule has 1 aliphatic rings. The molecule has 32 heavy (non-hydrogen) atoms. The average Bonchev–Trinajstić information content (AvgIpc) is 2.98. The molecule has 9 heteroatoms. The molecule has 1 amide bonds. The number of ether oxygens (including phenoxy) is 1. The van der Waals surface area contributed by atoms with Crippen molar-refractivity contribution < 1.29 is 22.7 Å². The Kier molecular flexibility index (Phi) is 6.68. The Morgan fingerprint density at radius 1 is 1.09 bits per heavy atom. The van der Waals surface area contributed by atoms with Gasteiger partial charge in [-0.05, 0) is 42.2 Å². The van der Waals surface area contributed by atoms with E-state index in [1.807, 2.05) is 24.3 Å². The van der Waals surface area contributed by atoms with Gasteiger partial charge >= 0.3 is 5.97 Å². The highest BCUT2D eigenvalue weighted by Gasteiger charge is 2.30. The standard InChI is InChI=1S/C23H27N3O5S/c1-15(22(28)25-17-11-9-16(10-12-17)23(2,3)4)31-20(27)13-14-24-21-18-7-5-6-8-19(18)32(29,30)26-21/h5-12,15H,13-14H2,1-4H3,(H,24,26)(H,25,28). The van der Waals surface area contributed by atoms with E-state index in [1.165, 1.54) is 13.0 Å². The maximum Gasteiger partial charge on any atom is 0.308 e. The molecule has 0 aromatic heterocycles. The number of rotatable bonds is 6. The minimum absolute atomic E-state index is 0.00891. The van der Waals surface area contributed by atoms with Crippen LogP contribution in [-0.4, -0.2) is 38.8 Å². The molecule has 1 aliphatic heterocycles. The second kappa shape index (κ2) is 9.12. The van der Waals surface area contributed by atoms with Crippen molar-refractivity contribution in [3.63, 3.8) is 0 Å². The molecule has 0 radical (unpaired) electrons. The number of hydrogen-bond acceptors (Lipinski definition) is 6. The summed E-state index contributed by atoms with van der Waals surface area (Å²) in [6, 6.07) is 14.0. The van der Waals surface area contributed by atoms with Crippen LogP contribution in [0.5, 0.6) is 0 Å². The van der Waals surface area contributed by atoms with E-state index < -0.39 is 28.0 Å². The average molecular weight is 458 g/mol. The van der Waals surface area contributed by atoms with Gasteiger partial charge in [0.25, 0.3) is 15.9 Å². The fourth-order valence-corrected chi connectivity index (χ4v) is 4.37. The first-order valence-electron chi connectivity index (χ1n) is 10.2. The fraction of sp³-hybridized carbons (Fsp3) is 0.348. The predicted octanol–water partition coefficient (Wildman–Crippen LogP) is 2.98. The van der Waals surface area contributed by atoms with Crippen molar-refractivity contribution >= 4 is 33.4 Å². The molecule has 2 aromatic rings. The SMILES string of the molecule is CC(OC(=O)CCN=C1NS(=O)(=O)c2ccccc21)C(=O)Nc1ccc(C(C)(C)C)cc1. The number of carbonyl (C=O) groups is 2. The van der Waals surface area contributed by atoms with Gasteiger partial charge in [0.1, 0.15) is 5.84 Å². The van der Waals surface area contributed by atoms with Gasteiger partial charge in [-0.3, -0.25) is 19.3 Å². The van der Waals surface area contributed by atoms with E-state index in [2.05, 4.69) is 35.8 Å². The third kappa shape index (κ3) is 5.53. The van der Waals surface area contributed by atoms with Gasteiger partial charge in [-0.1, -0.05) is 45.0 Å². The first-order chi connectivity index (χ1) is 15.0. The van der Waals surface area contributed by atoms with Gasteiger partial charge in [-0.25, -0.2) is 8.42 Å². The van der Waals surface area contributed by atoms with Crippen LogP contribution in [0.25, 0.3) is 0 Å². The number of fused-ring (bicyclic) bond motifs is 1. The second-order valence-corrected chi connectivity index (χ2v) is 10.2. The summed E-state index contributed by atoms with van der Waals surface area (Å²) in [6.45, 7) is 7.83. The highest BCUT2D eigenvalue weighted by atomic mass is 32.2. The zero-order chi connectivity index (χ0) is 23.5. The molecule has 1 unspecified atom stereocenters. The number of nitrogens with one attached hydrogen (secondary N) is 2. The van der Waals surface area contributed by atoms with Gasteiger partial charge in [0.15, 0.2) is 6.10 Å². The van der Waals surface area contributed by atoms with Crippen molar-refractivity contribution in [3.8, 4) is 0 Å². The van der Waals surface area contributed by atoms with Crippen LogP contribution in [0.3, 0.4) is 0 Å². The summed E-state index contributed by atoms with van der Waals surface area (Å²) in [5.41, 5.74) is 2.23. The third-order valence-corrected chi connectivity index (χ3v) is 6.34. The molecule has 1 atom stereocenters. The quantitative estimate of drug-likeness (QED) is 0.648. The molecule has 0 spiro atoms. The van der Waals surface area contributed by atoms with Crippen LogP contribution in [0.2, 0.25) is 0 Å². The number of amidine groups is 1. The maximum absolute atomic E-state index is 12.3. The van der Waals surface area contributed by atoms with Crippen molar-refractivity contribution in [1.82, 2.24) is 4.72 Å². The Balaban J connectivity index is 1.51. The maximum atomic E-state index is 12.3. The zero-order valence-electron chi connectivity index (χ0n) is 18.5. The lowest BCUT2D eigenvalue weighted by atomic mass is 9.87. The normalized spacial score (nSPS) is 16.7. The Hall–Kier alpha value is -3.20. The largest absolute Gasteiger partial charge is 0.452 e. The zero-order valence-corrected chi connectivity index (χ0v) is 19.3. The van der Waals surface area contributed by atoms with Gasteiger partial charge in [0.05, 0.1) is 17.9 Å². The van der Waals surface area contributed by atoms with Crippen LogP contribution < -0.4 is 10.0 Å². The summed E-state index contributed by atoms with van der Waals surface area (Å²) in [7, 11) is -3.63. The minimum atomic E-state index is -3.63. The molecule has 2 aromatic carbocycles. The van der Waals surface area contributed by atoms with E-state index in [9.17, 15) is 18.0 Å². The summed E-state index contributed by atoms with van der Waals surface area (Å²) in [5.74, 6) is -0.849. The lowest BCUT2D eigenvalue weighted by molar-refractivity contribution is -0.152. The number of amides is 1. The van der Waals surface area contributed by atoms with Crippen LogP contribution >= 0.6 is 0 Å². The van der Waals surface area contributed by atoms with E-state index >= 15 is 0 Å². The van der Waals surface area contributed by atoms with Crippen LogP contribution in [0.1, 0.15) is 45.2 Å². The van der Waals surface area contributed by atoms with Crippen LogP contribution in [-0.2, 0) is 29.8 Å². The number of hydrogen-bond donors (Lipinski definition) is 2. The lowest BCUT2D eigenvalue weighted by Gasteiger charge is -2.19. The third-order valence-electron chi connectivity index (χ3n) is 4.94. The molecule has 2 N–H and O–H groups in total. The molecule has 3 rings (SSSR count). The molecular formula is C23H27N3O5S. The van der Waals surface area contributed by atoms with E-state index in [0.717, 1.165) is 5.56 Å². The summed E-state index contributed by atoms with van der Waals surface area (Å²) >= 11 is 0. The smallest absolute Gasteiger partial charge is 0.308 e. The highest BCUT2D eigenvalue weighted by Crippen LogP contribution is 2.24. The van der Waals surface area contributed by atoms with Gasteiger partial charge in [-0.15, -0.1) is 0 Å². The summed E-state index contributed by atoms with van der Waals surface area (Å²) in [4.78, 5) is 28.8. The lowest BCUT2D eigenvalue weighted by Crippen LogP contribution is -2.30. The molecule has 0 saturated heterocycles. The first-order valence-corrected chi connectivity index (χ1v) is 11.7. The fourth-order valence-electron chi connectivity index (χ4n) is 3.12. The topological polar surface area (TPSA) is 114 Å². The molecule has 8 nitrogen and oxygen atoms in total. The molecule has 0 bridgehead atoms. The number of benzene rings is 2. The number of aliphatic imine (C=N–C) groups is 1. The molecule has 170 valence electrons. The van der Waals surface area contributed by atoms with E-state index in [0.29, 0.717) is 11.3 Å². The number of sulfonamides is 1. The van der Waals surface area contributed by atoms with Crippen molar-refractivity contribution in [1.29, 1.82) is 0 Å². The molecule has 0 aliphatic carbocycles. The Morgan fingerprint density at radius 2 is 1.75 bits per heavy atom. The minimum Gasteiger partial charge on any atom is -0.452 e. The molecular weight excluding hydrogens is 430 g/mol. The summed E-state index contributed by atoms with van der Waals surface area (Å²) in [5, 5.41) is 2.73. The number of anilines is 1. The summed E-state index contributed by atoms with van der Waals surface area (Å²) in [6.07, 6.45) is -1.08.